The Morgan fingerprint density at radius 3 is 2.43 bits per heavy atom. The van der Waals surface area contributed by atoms with Crippen molar-refractivity contribution in [3.63, 3.8) is 0 Å². The van der Waals surface area contributed by atoms with Gasteiger partial charge in [0, 0.05) is 18.3 Å². The zero-order valence-corrected chi connectivity index (χ0v) is 16.3. The van der Waals surface area contributed by atoms with Crippen LogP contribution in [0.5, 0.6) is 11.5 Å². The van der Waals surface area contributed by atoms with Gasteiger partial charge in [-0.25, -0.2) is 0 Å². The van der Waals surface area contributed by atoms with Crippen LogP contribution in [0.15, 0.2) is 48.5 Å². The number of anilines is 1. The van der Waals surface area contributed by atoms with Crippen molar-refractivity contribution in [1.29, 1.82) is 0 Å². The predicted octanol–water partition coefficient (Wildman–Crippen LogP) is 3.17. The average molecular weight is 382 g/mol. The van der Waals surface area contributed by atoms with Crippen LogP contribution in [0.3, 0.4) is 0 Å². The van der Waals surface area contributed by atoms with Crippen LogP contribution in [0, 0.1) is 5.41 Å². The third kappa shape index (κ3) is 4.82. The van der Waals surface area contributed by atoms with Crippen molar-refractivity contribution in [3.05, 3.63) is 54.1 Å². The standard InChI is InChI=1S/C22H26N2O4/c1-22(2,20(25)23-12-6-9-16-7-4-3-5-8-16)21(26)24-17-10-11-18-19(15-17)28-14-13-27-18/h3-5,7-8,10-11,15H,6,9,12-14H2,1-2H3,(H,23,25)(H,24,26). The molecule has 0 spiro atoms. The van der Waals surface area contributed by atoms with E-state index in [-0.39, 0.29) is 11.8 Å². The minimum Gasteiger partial charge on any atom is -0.486 e. The largest absolute Gasteiger partial charge is 0.486 e. The number of ether oxygens (including phenoxy) is 2. The van der Waals surface area contributed by atoms with Crippen LogP contribution < -0.4 is 20.1 Å². The number of rotatable bonds is 7. The normalized spacial score (nSPS) is 12.9. The van der Waals surface area contributed by atoms with E-state index >= 15 is 0 Å². The lowest BCUT2D eigenvalue weighted by Gasteiger charge is -2.24. The smallest absolute Gasteiger partial charge is 0.239 e. The molecule has 1 heterocycles. The number of benzene rings is 2. The molecule has 0 saturated carbocycles. The Hall–Kier alpha value is -3.02. The highest BCUT2D eigenvalue weighted by atomic mass is 16.6. The Kier molecular flexibility index (Phi) is 6.19. The Labute approximate surface area is 165 Å². The van der Waals surface area contributed by atoms with Crippen molar-refractivity contribution in [2.45, 2.75) is 26.7 Å². The van der Waals surface area contributed by atoms with Crippen molar-refractivity contribution in [2.24, 2.45) is 5.41 Å². The van der Waals surface area contributed by atoms with E-state index in [0.717, 1.165) is 12.8 Å². The van der Waals surface area contributed by atoms with Gasteiger partial charge in [0.25, 0.3) is 0 Å². The lowest BCUT2D eigenvalue weighted by Crippen LogP contribution is -2.45. The molecule has 6 nitrogen and oxygen atoms in total. The second-order valence-corrected chi connectivity index (χ2v) is 7.28. The second-order valence-electron chi connectivity index (χ2n) is 7.28. The SMILES string of the molecule is CC(C)(C(=O)NCCCc1ccccc1)C(=O)Nc1ccc2c(c1)OCCO2. The Morgan fingerprint density at radius 1 is 0.964 bits per heavy atom. The zero-order valence-electron chi connectivity index (χ0n) is 16.3. The molecular weight excluding hydrogens is 356 g/mol. The van der Waals surface area contributed by atoms with Crippen molar-refractivity contribution < 1.29 is 19.1 Å². The summed E-state index contributed by atoms with van der Waals surface area (Å²) >= 11 is 0. The summed E-state index contributed by atoms with van der Waals surface area (Å²) in [6, 6.07) is 15.3. The predicted molar refractivity (Wildman–Crippen MR) is 108 cm³/mol. The average Bonchev–Trinajstić information content (AvgIpc) is 2.71. The van der Waals surface area contributed by atoms with Gasteiger partial charge in [0.1, 0.15) is 18.6 Å². The molecule has 0 radical (unpaired) electrons. The maximum Gasteiger partial charge on any atom is 0.239 e. The van der Waals surface area contributed by atoms with Crippen LogP contribution in [-0.2, 0) is 16.0 Å². The molecule has 0 aromatic heterocycles. The topological polar surface area (TPSA) is 76.7 Å². The summed E-state index contributed by atoms with van der Waals surface area (Å²) in [6.45, 7) is 4.74. The number of carbonyl (C=O) groups excluding carboxylic acids is 2. The number of hydrogen-bond acceptors (Lipinski definition) is 4. The fourth-order valence-corrected chi connectivity index (χ4v) is 2.87. The first-order valence-corrected chi connectivity index (χ1v) is 9.50. The van der Waals surface area contributed by atoms with Gasteiger partial charge in [0.15, 0.2) is 11.5 Å². The van der Waals surface area contributed by atoms with Crippen LogP contribution in [0.25, 0.3) is 0 Å². The maximum absolute atomic E-state index is 12.7. The van der Waals surface area contributed by atoms with Crippen molar-refractivity contribution >= 4 is 17.5 Å². The van der Waals surface area contributed by atoms with Crippen LogP contribution in [-0.4, -0.2) is 31.6 Å². The summed E-state index contributed by atoms with van der Waals surface area (Å²) in [5.74, 6) is 0.576. The highest BCUT2D eigenvalue weighted by Gasteiger charge is 2.36. The van der Waals surface area contributed by atoms with Crippen molar-refractivity contribution in [2.75, 3.05) is 25.1 Å². The first-order chi connectivity index (χ1) is 13.5. The van der Waals surface area contributed by atoms with Gasteiger partial charge < -0.3 is 20.1 Å². The summed E-state index contributed by atoms with van der Waals surface area (Å²) in [4.78, 5) is 25.2. The molecule has 28 heavy (non-hydrogen) atoms. The van der Waals surface area contributed by atoms with Gasteiger partial charge in [-0.3, -0.25) is 9.59 Å². The van der Waals surface area contributed by atoms with Gasteiger partial charge >= 0.3 is 0 Å². The molecule has 0 saturated heterocycles. The number of aryl methyl sites for hydroxylation is 1. The molecule has 2 N–H and O–H groups in total. The van der Waals surface area contributed by atoms with Crippen LogP contribution in [0.2, 0.25) is 0 Å². The van der Waals surface area contributed by atoms with E-state index in [0.29, 0.717) is 36.9 Å². The number of fused-ring (bicyclic) bond motifs is 1. The van der Waals surface area contributed by atoms with Gasteiger partial charge in [0.05, 0.1) is 0 Å². The number of hydrogen-bond donors (Lipinski definition) is 2. The van der Waals surface area contributed by atoms with E-state index in [4.69, 9.17) is 9.47 Å². The van der Waals surface area contributed by atoms with Gasteiger partial charge in [-0.2, -0.15) is 0 Å². The van der Waals surface area contributed by atoms with E-state index < -0.39 is 5.41 Å². The molecule has 2 amide bonds. The fourth-order valence-electron chi connectivity index (χ4n) is 2.87. The molecule has 2 aromatic rings. The van der Waals surface area contributed by atoms with E-state index in [9.17, 15) is 9.59 Å². The van der Waals surface area contributed by atoms with Crippen LogP contribution >= 0.6 is 0 Å². The fraction of sp³-hybridized carbons (Fsp3) is 0.364. The molecule has 3 rings (SSSR count). The van der Waals surface area contributed by atoms with E-state index in [1.807, 2.05) is 18.2 Å². The van der Waals surface area contributed by atoms with Crippen LogP contribution in [0.4, 0.5) is 5.69 Å². The van der Waals surface area contributed by atoms with E-state index in [1.54, 1.807) is 32.0 Å². The minimum absolute atomic E-state index is 0.296. The monoisotopic (exact) mass is 382 g/mol. The second kappa shape index (κ2) is 8.78. The first kappa shape index (κ1) is 19.7. The highest BCUT2D eigenvalue weighted by Crippen LogP contribution is 2.33. The Morgan fingerprint density at radius 2 is 1.68 bits per heavy atom. The minimum atomic E-state index is -1.19. The van der Waals surface area contributed by atoms with Gasteiger partial charge in [-0.05, 0) is 44.4 Å². The Bertz CT molecular complexity index is 834. The number of amides is 2. The molecule has 148 valence electrons. The number of carbonyl (C=O) groups is 2. The molecule has 6 heteroatoms. The quantitative estimate of drug-likeness (QED) is 0.570. The molecule has 1 aliphatic rings. The van der Waals surface area contributed by atoms with Crippen molar-refractivity contribution in [1.82, 2.24) is 5.32 Å². The van der Waals surface area contributed by atoms with E-state index in [1.165, 1.54) is 5.56 Å². The lowest BCUT2D eigenvalue weighted by atomic mass is 9.91. The molecule has 0 aliphatic carbocycles. The third-order valence-electron chi connectivity index (χ3n) is 4.71. The van der Waals surface area contributed by atoms with Crippen molar-refractivity contribution in [3.8, 4) is 11.5 Å². The number of nitrogens with one attached hydrogen (secondary N) is 2. The maximum atomic E-state index is 12.7. The molecule has 0 atom stereocenters. The van der Waals surface area contributed by atoms with Gasteiger partial charge in [0.2, 0.25) is 11.8 Å². The summed E-state index contributed by atoms with van der Waals surface area (Å²) in [5, 5.41) is 5.66. The molecule has 1 aliphatic heterocycles. The Balaban J connectivity index is 1.51. The summed E-state index contributed by atoms with van der Waals surface area (Å²) in [6.07, 6.45) is 1.69. The molecule has 0 fully saturated rings. The molecule has 2 aromatic carbocycles. The first-order valence-electron chi connectivity index (χ1n) is 9.50. The summed E-state index contributed by atoms with van der Waals surface area (Å²) < 4.78 is 11.0. The highest BCUT2D eigenvalue weighted by molar-refractivity contribution is 6.09. The molecular formula is C22H26N2O4. The van der Waals surface area contributed by atoms with Gasteiger partial charge in [-0.1, -0.05) is 30.3 Å². The third-order valence-corrected chi connectivity index (χ3v) is 4.71. The summed E-state index contributed by atoms with van der Waals surface area (Å²) in [7, 11) is 0. The van der Waals surface area contributed by atoms with Crippen LogP contribution in [0.1, 0.15) is 25.8 Å². The zero-order chi connectivity index (χ0) is 20.0. The molecule has 0 unspecified atom stereocenters. The lowest BCUT2D eigenvalue weighted by molar-refractivity contribution is -0.138. The molecule has 0 bridgehead atoms. The summed E-state index contributed by atoms with van der Waals surface area (Å²) in [5.41, 5.74) is 0.603. The van der Waals surface area contributed by atoms with E-state index in [2.05, 4.69) is 22.8 Å². The van der Waals surface area contributed by atoms with Gasteiger partial charge in [-0.15, -0.1) is 0 Å².